The largest absolute Gasteiger partial charge is 0.466 e. The van der Waals surface area contributed by atoms with Crippen molar-refractivity contribution in [2.75, 3.05) is 46.9 Å². The molecular weight excluding hydrogens is 506 g/mol. The quantitative estimate of drug-likeness (QED) is 0.0307. The Morgan fingerprint density at radius 1 is 0.725 bits per heavy atom. The molecule has 0 saturated heterocycles. The van der Waals surface area contributed by atoms with Crippen molar-refractivity contribution >= 4 is 12.2 Å². The number of hydroxylamine groups is 1. The minimum absolute atomic E-state index is 0.0343. The van der Waals surface area contributed by atoms with Gasteiger partial charge < -0.3 is 31.5 Å². The van der Waals surface area contributed by atoms with E-state index in [9.17, 15) is 4.79 Å². The molecule has 0 unspecified atom stereocenters. The summed E-state index contributed by atoms with van der Waals surface area (Å²) in [7, 11) is 3.94. The van der Waals surface area contributed by atoms with E-state index < -0.39 is 0 Å². The molecule has 9 heteroatoms. The third-order valence-electron chi connectivity index (χ3n) is 4.68. The molecule has 0 heterocycles. The summed E-state index contributed by atoms with van der Waals surface area (Å²) in [6.07, 6.45) is 17.9. The Balaban J connectivity index is -0.0000000903. The fraction of sp³-hybridized carbons (Fsp3) is 0.935. The van der Waals surface area contributed by atoms with Gasteiger partial charge in [-0.05, 0) is 78.7 Å². The Labute approximate surface area is 250 Å². The summed E-state index contributed by atoms with van der Waals surface area (Å²) in [4.78, 5) is 10.9. The molecule has 0 aromatic carbocycles. The number of hydrogen-bond donors (Lipinski definition) is 6. The molecule has 9 nitrogen and oxygen atoms in total. The monoisotopic (exact) mass is 582 g/mol. The molecule has 0 radical (unpaired) electrons. The summed E-state index contributed by atoms with van der Waals surface area (Å²) in [5, 5.41) is 24.6. The summed E-state index contributed by atoms with van der Waals surface area (Å²) >= 11 is 0. The van der Waals surface area contributed by atoms with Crippen molar-refractivity contribution in [3.63, 3.8) is 0 Å². The average molecular weight is 582 g/mol. The minimum atomic E-state index is -0.0343. The molecule has 40 heavy (non-hydrogen) atoms. The van der Waals surface area contributed by atoms with E-state index in [1.54, 1.807) is 0 Å². The van der Waals surface area contributed by atoms with E-state index in [0.29, 0.717) is 13.0 Å². The molecular formula is C31H75N5O4. The molecule has 0 amide bonds. The predicted octanol–water partition coefficient (Wildman–Crippen LogP) is 7.29. The molecule has 0 atom stereocenters. The number of unbranched alkanes of at least 4 members (excludes halogenated alkanes) is 7. The molecule has 0 saturated carbocycles. The number of nitrogens with zero attached hydrogens (tertiary/aromatic N) is 1. The van der Waals surface area contributed by atoms with Gasteiger partial charge in [0.05, 0.1) is 6.61 Å². The van der Waals surface area contributed by atoms with Gasteiger partial charge in [0.2, 0.25) is 0 Å². The van der Waals surface area contributed by atoms with Crippen LogP contribution in [0.2, 0.25) is 0 Å². The molecule has 0 aliphatic rings. The average Bonchev–Trinajstić information content (AvgIpc) is 2.97. The number of rotatable bonds is 19. The molecule has 0 spiro atoms. The Morgan fingerprint density at radius 3 is 1.52 bits per heavy atom. The van der Waals surface area contributed by atoms with Crippen LogP contribution < -0.4 is 21.8 Å². The standard InChI is InChI=1S/C10H20O2.C5H13N.C4H11NO.C4H9NO.2C4H11N/c1-3-5-6-7-8-10(11)12-9-4-2;1-3-4-5-6-2;2*1-2-3-4-5-6;1-3-4-5-2;1-2-3-4-5/h3-9H2,1-2H3;6H,3-5H2,1-2H3;5-6H,2-4H2,1H3;4,6H,2-3H2,1H3;5H,3-4H2,1-2H3;2-5H2,1H3/b;;;5-4+;;. The van der Waals surface area contributed by atoms with Crippen molar-refractivity contribution in [1.29, 1.82) is 0 Å². The van der Waals surface area contributed by atoms with Crippen LogP contribution in [0.4, 0.5) is 0 Å². The summed E-state index contributed by atoms with van der Waals surface area (Å²) < 4.78 is 4.93. The normalized spacial score (nSPS) is 9.28. The van der Waals surface area contributed by atoms with Crippen molar-refractivity contribution in [3.05, 3.63) is 0 Å². The predicted molar refractivity (Wildman–Crippen MR) is 177 cm³/mol. The number of hydrogen-bond acceptors (Lipinski definition) is 9. The molecule has 0 aromatic rings. The van der Waals surface area contributed by atoms with Crippen LogP contribution in [0, 0.1) is 0 Å². The molecule has 0 aliphatic carbocycles. The molecule has 0 aromatic heterocycles. The van der Waals surface area contributed by atoms with E-state index in [1.165, 1.54) is 51.2 Å². The third kappa shape index (κ3) is 99.3. The van der Waals surface area contributed by atoms with Crippen molar-refractivity contribution in [2.45, 2.75) is 145 Å². The summed E-state index contributed by atoms with van der Waals surface area (Å²) in [6, 6.07) is 0. The van der Waals surface area contributed by atoms with Crippen molar-refractivity contribution in [1.82, 2.24) is 16.1 Å². The number of nitrogens with two attached hydrogens (primary N) is 1. The van der Waals surface area contributed by atoms with Gasteiger partial charge in [0.25, 0.3) is 0 Å². The van der Waals surface area contributed by atoms with Crippen LogP contribution >= 0.6 is 0 Å². The lowest BCUT2D eigenvalue weighted by molar-refractivity contribution is -0.143. The second-order valence-corrected chi connectivity index (χ2v) is 9.08. The van der Waals surface area contributed by atoms with Gasteiger partial charge in [-0.3, -0.25) is 4.79 Å². The van der Waals surface area contributed by atoms with Gasteiger partial charge in [0, 0.05) is 19.2 Å². The summed E-state index contributed by atoms with van der Waals surface area (Å²) in [6.45, 7) is 19.2. The minimum Gasteiger partial charge on any atom is -0.466 e. The van der Waals surface area contributed by atoms with Gasteiger partial charge in [-0.25, -0.2) is 5.48 Å². The van der Waals surface area contributed by atoms with Gasteiger partial charge in [-0.1, -0.05) is 93.4 Å². The Kier molecular flexibility index (Phi) is 85.2. The maximum absolute atomic E-state index is 10.9. The number of oxime groups is 1. The summed E-state index contributed by atoms with van der Waals surface area (Å²) in [5.41, 5.74) is 7.21. The van der Waals surface area contributed by atoms with E-state index in [-0.39, 0.29) is 5.97 Å². The van der Waals surface area contributed by atoms with Crippen LogP contribution in [-0.2, 0) is 9.53 Å². The first kappa shape index (κ1) is 51.5. The van der Waals surface area contributed by atoms with Gasteiger partial charge in [-0.15, -0.1) is 5.16 Å². The molecule has 7 N–H and O–H groups in total. The van der Waals surface area contributed by atoms with Crippen LogP contribution in [-0.4, -0.2) is 69.5 Å². The first-order valence-corrected chi connectivity index (χ1v) is 16.1. The number of ether oxygens (including phenoxy) is 1. The molecule has 0 aliphatic heterocycles. The zero-order chi connectivity index (χ0) is 32.0. The van der Waals surface area contributed by atoms with Crippen molar-refractivity contribution in [2.24, 2.45) is 10.9 Å². The van der Waals surface area contributed by atoms with Crippen LogP contribution in [0.5, 0.6) is 0 Å². The van der Waals surface area contributed by atoms with E-state index in [2.05, 4.69) is 55.9 Å². The van der Waals surface area contributed by atoms with Gasteiger partial charge in [-0.2, -0.15) is 0 Å². The molecule has 0 fully saturated rings. The maximum Gasteiger partial charge on any atom is 0.305 e. The summed E-state index contributed by atoms with van der Waals surface area (Å²) in [5.74, 6) is -0.0343. The Morgan fingerprint density at radius 2 is 1.27 bits per heavy atom. The topological polar surface area (TPSA) is 141 Å². The maximum atomic E-state index is 10.9. The van der Waals surface area contributed by atoms with Gasteiger partial charge in [0.1, 0.15) is 0 Å². The van der Waals surface area contributed by atoms with Crippen LogP contribution in [0.25, 0.3) is 0 Å². The zero-order valence-corrected chi connectivity index (χ0v) is 28.5. The fourth-order valence-corrected chi connectivity index (χ4v) is 2.23. The second-order valence-electron chi connectivity index (χ2n) is 9.08. The fourth-order valence-electron chi connectivity index (χ4n) is 2.23. The lowest BCUT2D eigenvalue weighted by Gasteiger charge is -2.01. The van der Waals surface area contributed by atoms with E-state index >= 15 is 0 Å². The zero-order valence-electron chi connectivity index (χ0n) is 28.5. The Bertz CT molecular complexity index is 365. The van der Waals surface area contributed by atoms with E-state index in [0.717, 1.165) is 71.1 Å². The first-order chi connectivity index (χ1) is 19.4. The highest BCUT2D eigenvalue weighted by atomic mass is 16.5. The van der Waals surface area contributed by atoms with Crippen LogP contribution in [0.15, 0.2) is 5.16 Å². The number of carbonyl (C=O) groups is 1. The first-order valence-electron chi connectivity index (χ1n) is 16.1. The smallest absolute Gasteiger partial charge is 0.305 e. The lowest BCUT2D eigenvalue weighted by atomic mass is 10.2. The molecule has 0 rings (SSSR count). The highest BCUT2D eigenvalue weighted by Gasteiger charge is 2.00. The number of esters is 1. The van der Waals surface area contributed by atoms with Gasteiger partial charge >= 0.3 is 5.97 Å². The lowest BCUT2D eigenvalue weighted by Crippen LogP contribution is -2.07. The van der Waals surface area contributed by atoms with Crippen molar-refractivity contribution < 1.29 is 19.9 Å². The van der Waals surface area contributed by atoms with Crippen LogP contribution in [0.3, 0.4) is 0 Å². The van der Waals surface area contributed by atoms with E-state index in [1.807, 2.05) is 27.9 Å². The molecule has 248 valence electrons. The van der Waals surface area contributed by atoms with Crippen molar-refractivity contribution in [3.8, 4) is 0 Å². The third-order valence-corrected chi connectivity index (χ3v) is 4.68. The number of nitrogens with one attached hydrogen (secondary N) is 3. The van der Waals surface area contributed by atoms with E-state index in [4.69, 9.17) is 20.9 Å². The number of carbonyl (C=O) groups excluding carboxylic acids is 1. The Hall–Kier alpha value is -1.26. The molecule has 0 bridgehead atoms. The van der Waals surface area contributed by atoms with Gasteiger partial charge in [0.15, 0.2) is 0 Å². The second kappa shape index (κ2) is 66.2. The highest BCUT2D eigenvalue weighted by molar-refractivity contribution is 5.69. The van der Waals surface area contributed by atoms with Crippen LogP contribution in [0.1, 0.15) is 145 Å². The SMILES string of the molecule is CCC/C=N/O.CCCCCCC(=O)OCCC.CCCCN.CCCCNC.CCCCNO.CCCNC. The highest BCUT2D eigenvalue weighted by Crippen LogP contribution is 2.03.